The summed E-state index contributed by atoms with van der Waals surface area (Å²) in [6.45, 7) is 2.26. The lowest BCUT2D eigenvalue weighted by atomic mass is 10.2. The van der Waals surface area contributed by atoms with Crippen molar-refractivity contribution in [1.29, 1.82) is 0 Å². The predicted molar refractivity (Wildman–Crippen MR) is 52.5 cm³/mol. The first-order valence-corrected chi connectivity index (χ1v) is 4.31. The van der Waals surface area contributed by atoms with Crippen molar-refractivity contribution in [3.8, 4) is 5.75 Å². The summed E-state index contributed by atoms with van der Waals surface area (Å²) >= 11 is 0. The zero-order valence-corrected chi connectivity index (χ0v) is 7.93. The number of ether oxygens (including phenoxy) is 1. The molecule has 0 spiro atoms. The molecule has 0 aliphatic carbocycles. The molecule has 14 heavy (non-hydrogen) atoms. The van der Waals surface area contributed by atoms with Gasteiger partial charge in [-0.15, -0.1) is 0 Å². The number of benzene rings is 1. The standard InChI is InChI=1S/C10H13NO3/c1-7(11)6-14-9-4-2-8(3-5-9)10(12)13/h2-5,7H,6,11H2,1H3,(H,12,13)/t7-/m0/s1. The molecule has 0 aliphatic heterocycles. The maximum Gasteiger partial charge on any atom is 0.335 e. The molecule has 1 atom stereocenters. The van der Waals surface area contributed by atoms with Crippen LogP contribution in [0, 0.1) is 0 Å². The molecule has 76 valence electrons. The zero-order valence-electron chi connectivity index (χ0n) is 7.93. The first kappa shape index (κ1) is 10.5. The van der Waals surface area contributed by atoms with Crippen LogP contribution in [0.4, 0.5) is 0 Å². The third-order valence-electron chi connectivity index (χ3n) is 1.61. The van der Waals surface area contributed by atoms with Gasteiger partial charge in [0.1, 0.15) is 12.4 Å². The molecule has 1 aromatic carbocycles. The van der Waals surface area contributed by atoms with Crippen LogP contribution in [-0.2, 0) is 0 Å². The van der Waals surface area contributed by atoms with Gasteiger partial charge in [0.2, 0.25) is 0 Å². The van der Waals surface area contributed by atoms with E-state index >= 15 is 0 Å². The zero-order chi connectivity index (χ0) is 10.6. The molecular formula is C10H13NO3. The van der Waals surface area contributed by atoms with Gasteiger partial charge in [-0.2, -0.15) is 0 Å². The van der Waals surface area contributed by atoms with Crippen molar-refractivity contribution >= 4 is 5.97 Å². The fraction of sp³-hybridized carbons (Fsp3) is 0.300. The smallest absolute Gasteiger partial charge is 0.335 e. The van der Waals surface area contributed by atoms with Gasteiger partial charge in [0.05, 0.1) is 5.56 Å². The highest BCUT2D eigenvalue weighted by Crippen LogP contribution is 2.12. The van der Waals surface area contributed by atoms with E-state index in [1.165, 1.54) is 12.1 Å². The molecular weight excluding hydrogens is 182 g/mol. The Morgan fingerprint density at radius 1 is 1.50 bits per heavy atom. The van der Waals surface area contributed by atoms with Crippen LogP contribution in [0.3, 0.4) is 0 Å². The van der Waals surface area contributed by atoms with E-state index in [1.807, 2.05) is 6.92 Å². The second-order valence-corrected chi connectivity index (χ2v) is 3.12. The number of nitrogens with two attached hydrogens (primary N) is 1. The number of carboxylic acid groups (broad SMARTS) is 1. The molecule has 0 heterocycles. The summed E-state index contributed by atoms with van der Waals surface area (Å²) in [5.74, 6) is -0.309. The molecule has 0 saturated heterocycles. The van der Waals surface area contributed by atoms with Crippen LogP contribution < -0.4 is 10.5 Å². The molecule has 1 rings (SSSR count). The van der Waals surface area contributed by atoms with Crippen molar-refractivity contribution < 1.29 is 14.6 Å². The van der Waals surface area contributed by atoms with Crippen LogP contribution in [0.5, 0.6) is 5.75 Å². The summed E-state index contributed by atoms with van der Waals surface area (Å²) in [6.07, 6.45) is 0. The summed E-state index contributed by atoms with van der Waals surface area (Å²) in [6, 6.07) is 6.20. The van der Waals surface area contributed by atoms with E-state index in [0.717, 1.165) is 0 Å². The summed E-state index contributed by atoms with van der Waals surface area (Å²) in [7, 11) is 0. The van der Waals surface area contributed by atoms with E-state index in [9.17, 15) is 4.79 Å². The summed E-state index contributed by atoms with van der Waals surface area (Å²) in [4.78, 5) is 10.5. The minimum absolute atomic E-state index is 0.0332. The van der Waals surface area contributed by atoms with Crippen LogP contribution in [0.15, 0.2) is 24.3 Å². The number of aromatic carboxylic acids is 1. The maximum absolute atomic E-state index is 10.5. The first-order chi connectivity index (χ1) is 6.59. The fourth-order valence-electron chi connectivity index (χ4n) is 0.921. The quantitative estimate of drug-likeness (QED) is 0.754. The summed E-state index contributed by atoms with van der Waals surface area (Å²) in [5, 5.41) is 8.63. The molecule has 0 unspecified atom stereocenters. The van der Waals surface area contributed by atoms with Gasteiger partial charge in [0, 0.05) is 6.04 Å². The molecule has 1 aromatic rings. The number of carboxylic acids is 1. The van der Waals surface area contributed by atoms with E-state index in [-0.39, 0.29) is 11.6 Å². The van der Waals surface area contributed by atoms with E-state index in [2.05, 4.69) is 0 Å². The van der Waals surface area contributed by atoms with Gasteiger partial charge in [-0.3, -0.25) is 0 Å². The highest BCUT2D eigenvalue weighted by Gasteiger charge is 2.02. The molecule has 0 saturated carbocycles. The molecule has 0 amide bonds. The van der Waals surface area contributed by atoms with Gasteiger partial charge in [-0.25, -0.2) is 4.79 Å². The number of carbonyl (C=O) groups is 1. The Morgan fingerprint density at radius 3 is 2.50 bits per heavy atom. The SMILES string of the molecule is C[C@H](N)COc1ccc(C(=O)O)cc1. The predicted octanol–water partition coefficient (Wildman–Crippen LogP) is 1.11. The monoisotopic (exact) mass is 195 g/mol. The van der Waals surface area contributed by atoms with Crippen molar-refractivity contribution in [3.05, 3.63) is 29.8 Å². The Hall–Kier alpha value is -1.55. The Balaban J connectivity index is 2.60. The van der Waals surface area contributed by atoms with Gasteiger partial charge in [0.25, 0.3) is 0 Å². The minimum atomic E-state index is -0.941. The maximum atomic E-state index is 10.5. The van der Waals surface area contributed by atoms with E-state index in [4.69, 9.17) is 15.6 Å². The highest BCUT2D eigenvalue weighted by molar-refractivity contribution is 5.87. The largest absolute Gasteiger partial charge is 0.492 e. The van der Waals surface area contributed by atoms with Crippen LogP contribution in [0.25, 0.3) is 0 Å². The van der Waals surface area contributed by atoms with E-state index in [0.29, 0.717) is 12.4 Å². The van der Waals surface area contributed by atoms with Crippen LogP contribution >= 0.6 is 0 Å². The molecule has 4 heteroatoms. The van der Waals surface area contributed by atoms with Gasteiger partial charge < -0.3 is 15.6 Å². The van der Waals surface area contributed by atoms with Gasteiger partial charge in [-0.05, 0) is 31.2 Å². The summed E-state index contributed by atoms with van der Waals surface area (Å²) in [5.41, 5.74) is 5.75. The highest BCUT2D eigenvalue weighted by atomic mass is 16.5. The molecule has 3 N–H and O–H groups in total. The third-order valence-corrected chi connectivity index (χ3v) is 1.61. The van der Waals surface area contributed by atoms with E-state index < -0.39 is 5.97 Å². The Bertz CT molecular complexity index is 306. The number of hydrogen-bond acceptors (Lipinski definition) is 3. The van der Waals surface area contributed by atoms with Crippen molar-refractivity contribution in [2.75, 3.05) is 6.61 Å². The topological polar surface area (TPSA) is 72.5 Å². The van der Waals surface area contributed by atoms with Crippen molar-refractivity contribution in [3.63, 3.8) is 0 Å². The molecule has 4 nitrogen and oxygen atoms in total. The Labute approximate surface area is 82.3 Å². The summed E-state index contributed by atoms with van der Waals surface area (Å²) < 4.78 is 5.28. The molecule has 0 bridgehead atoms. The number of rotatable bonds is 4. The lowest BCUT2D eigenvalue weighted by molar-refractivity contribution is 0.0697. The lowest BCUT2D eigenvalue weighted by Crippen LogP contribution is -2.23. The van der Waals surface area contributed by atoms with Crippen molar-refractivity contribution in [1.82, 2.24) is 0 Å². The lowest BCUT2D eigenvalue weighted by Gasteiger charge is -2.08. The molecule has 0 fully saturated rings. The normalized spacial score (nSPS) is 12.1. The van der Waals surface area contributed by atoms with Crippen LogP contribution in [-0.4, -0.2) is 23.7 Å². The van der Waals surface area contributed by atoms with Crippen LogP contribution in [0.1, 0.15) is 17.3 Å². The van der Waals surface area contributed by atoms with Gasteiger partial charge >= 0.3 is 5.97 Å². The van der Waals surface area contributed by atoms with Gasteiger partial charge in [-0.1, -0.05) is 0 Å². The molecule has 0 radical (unpaired) electrons. The second-order valence-electron chi connectivity index (χ2n) is 3.12. The van der Waals surface area contributed by atoms with E-state index in [1.54, 1.807) is 12.1 Å². The second kappa shape index (κ2) is 4.62. The molecule has 0 aromatic heterocycles. The Morgan fingerprint density at radius 2 is 2.07 bits per heavy atom. The minimum Gasteiger partial charge on any atom is -0.492 e. The van der Waals surface area contributed by atoms with Gasteiger partial charge in [0.15, 0.2) is 0 Å². The van der Waals surface area contributed by atoms with Crippen LogP contribution in [0.2, 0.25) is 0 Å². The third kappa shape index (κ3) is 3.06. The first-order valence-electron chi connectivity index (χ1n) is 4.31. The average Bonchev–Trinajstić information content (AvgIpc) is 2.15. The average molecular weight is 195 g/mol. The molecule has 0 aliphatic rings. The van der Waals surface area contributed by atoms with Crippen molar-refractivity contribution in [2.24, 2.45) is 5.73 Å². The number of hydrogen-bond donors (Lipinski definition) is 2. The Kier molecular flexibility index (Phi) is 3.48. The van der Waals surface area contributed by atoms with Crippen molar-refractivity contribution in [2.45, 2.75) is 13.0 Å². The fourth-order valence-corrected chi connectivity index (χ4v) is 0.921.